The number of nitrogens with zero attached hydrogens (tertiary/aromatic N) is 2. The van der Waals surface area contributed by atoms with Crippen LogP contribution in [0, 0.1) is 0 Å². The van der Waals surface area contributed by atoms with Crippen LogP contribution < -0.4 is 0 Å². The predicted octanol–water partition coefficient (Wildman–Crippen LogP) is 1.44. The molecule has 1 heterocycles. The molecule has 10 heavy (non-hydrogen) atoms. The molecular formula is C5H6F2N2S. The van der Waals surface area contributed by atoms with E-state index < -0.39 is 6.43 Å². The first-order valence-corrected chi connectivity index (χ1v) is 3.13. The summed E-state index contributed by atoms with van der Waals surface area (Å²) in [6.07, 6.45) is 0.522. The second kappa shape index (κ2) is 3.01. The molecular weight excluding hydrogens is 158 g/mol. The number of aromatic nitrogens is 2. The normalized spacial score (nSPS) is 10.8. The average molecular weight is 164 g/mol. The van der Waals surface area contributed by atoms with Crippen LogP contribution in [0.2, 0.25) is 0 Å². The molecule has 0 radical (unpaired) electrons. The number of halogens is 2. The van der Waals surface area contributed by atoms with Crippen LogP contribution in [0.3, 0.4) is 0 Å². The molecule has 0 aliphatic rings. The van der Waals surface area contributed by atoms with Gasteiger partial charge < -0.3 is 0 Å². The lowest BCUT2D eigenvalue weighted by Crippen LogP contribution is -2.06. The van der Waals surface area contributed by atoms with E-state index in [1.807, 2.05) is 0 Å². The van der Waals surface area contributed by atoms with E-state index in [9.17, 15) is 8.78 Å². The van der Waals surface area contributed by atoms with Crippen LogP contribution >= 0.6 is 12.6 Å². The molecule has 0 amide bonds. The van der Waals surface area contributed by atoms with Gasteiger partial charge in [0, 0.05) is 11.1 Å². The first-order valence-electron chi connectivity index (χ1n) is 2.68. The van der Waals surface area contributed by atoms with Gasteiger partial charge in [-0.05, 0) is 0 Å². The van der Waals surface area contributed by atoms with Crippen molar-refractivity contribution in [3.05, 3.63) is 12.4 Å². The minimum absolute atomic E-state index is 0.361. The van der Waals surface area contributed by atoms with E-state index in [0.29, 0.717) is 4.90 Å². The van der Waals surface area contributed by atoms with E-state index in [2.05, 4.69) is 17.7 Å². The Kier molecular flexibility index (Phi) is 2.26. The summed E-state index contributed by atoms with van der Waals surface area (Å²) in [5, 5.41) is 3.62. The lowest BCUT2D eigenvalue weighted by atomic mass is 10.7. The smallest absolute Gasteiger partial charge is 0.257 e. The first-order chi connectivity index (χ1) is 4.68. The minimum Gasteiger partial charge on any atom is -0.266 e. The van der Waals surface area contributed by atoms with Crippen LogP contribution in [0.1, 0.15) is 0 Å². The fourth-order valence-corrected chi connectivity index (χ4v) is 0.779. The summed E-state index contributed by atoms with van der Waals surface area (Å²) < 4.78 is 24.4. The molecule has 5 heteroatoms. The molecule has 0 unspecified atom stereocenters. The minimum atomic E-state index is -2.35. The summed E-state index contributed by atoms with van der Waals surface area (Å²) in [5.41, 5.74) is 0. The number of thiol groups is 1. The van der Waals surface area contributed by atoms with E-state index in [-0.39, 0.29) is 6.54 Å². The number of hydrogen-bond donors (Lipinski definition) is 1. The summed E-state index contributed by atoms with van der Waals surface area (Å²) in [7, 11) is 0. The predicted molar refractivity (Wildman–Crippen MR) is 35.5 cm³/mol. The van der Waals surface area contributed by atoms with Gasteiger partial charge in [0.2, 0.25) is 0 Å². The lowest BCUT2D eigenvalue weighted by Gasteiger charge is -1.96. The Bertz CT molecular complexity index is 211. The summed E-state index contributed by atoms with van der Waals surface area (Å²) in [6, 6.07) is 0. The lowest BCUT2D eigenvalue weighted by molar-refractivity contribution is 0.121. The van der Waals surface area contributed by atoms with Crippen molar-refractivity contribution in [3.63, 3.8) is 0 Å². The molecule has 0 fully saturated rings. The number of alkyl halides is 2. The zero-order valence-electron chi connectivity index (χ0n) is 5.04. The van der Waals surface area contributed by atoms with E-state index in [0.717, 1.165) is 4.68 Å². The van der Waals surface area contributed by atoms with Crippen LogP contribution in [-0.2, 0) is 6.54 Å². The fourth-order valence-electron chi connectivity index (χ4n) is 0.594. The first kappa shape index (κ1) is 7.53. The molecule has 0 aliphatic carbocycles. The third-order valence-electron chi connectivity index (χ3n) is 0.945. The van der Waals surface area contributed by atoms with Crippen molar-refractivity contribution in [1.82, 2.24) is 9.78 Å². The fraction of sp³-hybridized carbons (Fsp3) is 0.400. The molecule has 2 nitrogen and oxygen atoms in total. The Morgan fingerprint density at radius 3 is 2.80 bits per heavy atom. The SMILES string of the molecule is FC(F)Cn1cc(S)cn1. The van der Waals surface area contributed by atoms with Crippen molar-refractivity contribution >= 4 is 12.6 Å². The number of hydrogen-bond acceptors (Lipinski definition) is 2. The van der Waals surface area contributed by atoms with Crippen LogP contribution in [0.4, 0.5) is 8.78 Å². The van der Waals surface area contributed by atoms with Gasteiger partial charge >= 0.3 is 0 Å². The standard InChI is InChI=1S/C5H6F2N2S/c6-5(7)3-9-2-4(10)1-8-9/h1-2,5,10H,3H2. The molecule has 56 valence electrons. The van der Waals surface area contributed by atoms with Crippen molar-refractivity contribution in [3.8, 4) is 0 Å². The summed E-state index contributed by atoms with van der Waals surface area (Å²) in [4.78, 5) is 0.598. The molecule has 0 aromatic carbocycles. The molecule has 0 bridgehead atoms. The van der Waals surface area contributed by atoms with Gasteiger partial charge in [-0.25, -0.2) is 8.78 Å². The van der Waals surface area contributed by atoms with Crippen molar-refractivity contribution in [2.75, 3.05) is 0 Å². The number of rotatable bonds is 2. The second-order valence-electron chi connectivity index (χ2n) is 1.81. The topological polar surface area (TPSA) is 17.8 Å². The third-order valence-corrected chi connectivity index (χ3v) is 1.18. The molecule has 0 spiro atoms. The molecule has 0 aliphatic heterocycles. The van der Waals surface area contributed by atoms with E-state index in [4.69, 9.17) is 0 Å². The van der Waals surface area contributed by atoms with Crippen LogP contribution in [0.15, 0.2) is 17.3 Å². The molecule has 0 N–H and O–H groups in total. The maximum Gasteiger partial charge on any atom is 0.257 e. The van der Waals surface area contributed by atoms with Crippen molar-refractivity contribution in [2.45, 2.75) is 17.9 Å². The average Bonchev–Trinajstić information content (AvgIpc) is 2.13. The monoisotopic (exact) mass is 164 g/mol. The highest BCUT2D eigenvalue weighted by Crippen LogP contribution is 2.04. The zero-order valence-corrected chi connectivity index (χ0v) is 5.93. The van der Waals surface area contributed by atoms with Crippen molar-refractivity contribution in [2.24, 2.45) is 0 Å². The molecule has 1 rings (SSSR count). The van der Waals surface area contributed by atoms with Gasteiger partial charge in [0.25, 0.3) is 6.43 Å². The van der Waals surface area contributed by atoms with Gasteiger partial charge in [0.05, 0.1) is 6.20 Å². The summed E-state index contributed by atoms with van der Waals surface area (Å²) >= 11 is 3.90. The maximum atomic E-state index is 11.6. The van der Waals surface area contributed by atoms with E-state index in [1.165, 1.54) is 12.4 Å². The Balaban J connectivity index is 2.58. The highest BCUT2D eigenvalue weighted by molar-refractivity contribution is 7.80. The largest absolute Gasteiger partial charge is 0.266 e. The van der Waals surface area contributed by atoms with Crippen molar-refractivity contribution < 1.29 is 8.78 Å². The van der Waals surface area contributed by atoms with Gasteiger partial charge in [-0.3, -0.25) is 4.68 Å². The molecule has 0 saturated carbocycles. The summed E-state index contributed by atoms with van der Waals surface area (Å²) in [5.74, 6) is 0. The highest BCUT2D eigenvalue weighted by Gasteiger charge is 2.03. The Morgan fingerprint density at radius 1 is 1.70 bits per heavy atom. The Hall–Kier alpha value is -0.580. The summed E-state index contributed by atoms with van der Waals surface area (Å²) in [6.45, 7) is -0.361. The highest BCUT2D eigenvalue weighted by atomic mass is 32.1. The Labute approximate surface area is 62.3 Å². The zero-order chi connectivity index (χ0) is 7.56. The van der Waals surface area contributed by atoms with Gasteiger partial charge in [0.1, 0.15) is 6.54 Å². The van der Waals surface area contributed by atoms with E-state index in [1.54, 1.807) is 0 Å². The van der Waals surface area contributed by atoms with Gasteiger partial charge in [-0.15, -0.1) is 12.6 Å². The van der Waals surface area contributed by atoms with E-state index >= 15 is 0 Å². The molecule has 0 saturated heterocycles. The van der Waals surface area contributed by atoms with Crippen LogP contribution in [-0.4, -0.2) is 16.2 Å². The van der Waals surface area contributed by atoms with Crippen molar-refractivity contribution in [1.29, 1.82) is 0 Å². The maximum absolute atomic E-state index is 11.6. The quantitative estimate of drug-likeness (QED) is 0.655. The van der Waals surface area contributed by atoms with Crippen LogP contribution in [0.25, 0.3) is 0 Å². The van der Waals surface area contributed by atoms with Gasteiger partial charge in [-0.1, -0.05) is 0 Å². The molecule has 1 aromatic rings. The molecule has 1 aromatic heterocycles. The second-order valence-corrected chi connectivity index (χ2v) is 2.33. The van der Waals surface area contributed by atoms with Gasteiger partial charge in [0.15, 0.2) is 0 Å². The van der Waals surface area contributed by atoms with Crippen LogP contribution in [0.5, 0.6) is 0 Å². The van der Waals surface area contributed by atoms with Gasteiger partial charge in [-0.2, -0.15) is 5.10 Å². The third kappa shape index (κ3) is 1.98. The molecule has 0 atom stereocenters. The Morgan fingerprint density at radius 2 is 2.40 bits per heavy atom.